The second kappa shape index (κ2) is 4.01. The van der Waals surface area contributed by atoms with Crippen molar-refractivity contribution in [1.82, 2.24) is 30.5 Å². The van der Waals surface area contributed by atoms with Crippen LogP contribution in [0.25, 0.3) is 0 Å². The van der Waals surface area contributed by atoms with E-state index in [1.165, 1.54) is 0 Å². The van der Waals surface area contributed by atoms with Crippen LogP contribution in [0.4, 0.5) is 0 Å². The Morgan fingerprint density at radius 2 is 2.43 bits per heavy atom. The lowest BCUT2D eigenvalue weighted by molar-refractivity contribution is 0.674. The molecule has 14 heavy (non-hydrogen) atoms. The van der Waals surface area contributed by atoms with Gasteiger partial charge in [0.2, 0.25) is 0 Å². The van der Waals surface area contributed by atoms with Gasteiger partial charge in [0, 0.05) is 38.1 Å². The molecule has 2 aromatic heterocycles. The summed E-state index contributed by atoms with van der Waals surface area (Å²) in [5.41, 5.74) is 2.07. The number of aryl methyl sites for hydroxylation is 1. The summed E-state index contributed by atoms with van der Waals surface area (Å²) in [6.45, 7) is 1.51. The van der Waals surface area contributed by atoms with Crippen LogP contribution in [0, 0.1) is 0 Å². The third kappa shape index (κ3) is 2.17. The predicted octanol–water partition coefficient (Wildman–Crippen LogP) is -0.172. The number of hydrogen-bond acceptors (Lipinski definition) is 4. The Morgan fingerprint density at radius 3 is 3.07 bits per heavy atom. The van der Waals surface area contributed by atoms with Gasteiger partial charge in [0.25, 0.3) is 0 Å². The lowest BCUT2D eigenvalue weighted by Crippen LogP contribution is -2.12. The Kier molecular flexibility index (Phi) is 2.55. The van der Waals surface area contributed by atoms with Gasteiger partial charge in [0.05, 0.1) is 11.9 Å². The highest BCUT2D eigenvalue weighted by Crippen LogP contribution is 1.94. The summed E-state index contributed by atoms with van der Waals surface area (Å²) in [5, 5.41) is 17.7. The molecule has 0 amide bonds. The third-order valence-electron chi connectivity index (χ3n) is 1.84. The Balaban J connectivity index is 1.78. The van der Waals surface area contributed by atoms with Crippen LogP contribution in [0.15, 0.2) is 18.6 Å². The van der Waals surface area contributed by atoms with E-state index in [0.29, 0.717) is 0 Å². The van der Waals surface area contributed by atoms with E-state index >= 15 is 0 Å². The summed E-state index contributed by atoms with van der Waals surface area (Å²) in [4.78, 5) is 0. The number of aromatic amines is 1. The van der Waals surface area contributed by atoms with Gasteiger partial charge < -0.3 is 5.32 Å². The summed E-state index contributed by atoms with van der Waals surface area (Å²) >= 11 is 0. The number of nitrogens with one attached hydrogen (secondary N) is 2. The number of nitrogens with zero attached hydrogens (tertiary/aromatic N) is 4. The van der Waals surface area contributed by atoms with Crippen molar-refractivity contribution in [3.8, 4) is 0 Å². The molecular formula is C8H12N6. The molecule has 0 aliphatic heterocycles. The first kappa shape index (κ1) is 8.89. The molecule has 0 radical (unpaired) electrons. The Morgan fingerprint density at radius 1 is 1.50 bits per heavy atom. The van der Waals surface area contributed by atoms with Crippen LogP contribution in [0.3, 0.4) is 0 Å². The fourth-order valence-corrected chi connectivity index (χ4v) is 1.19. The van der Waals surface area contributed by atoms with Gasteiger partial charge in [-0.15, -0.1) is 5.10 Å². The fourth-order valence-electron chi connectivity index (χ4n) is 1.19. The summed E-state index contributed by atoms with van der Waals surface area (Å²) < 4.78 is 1.69. The molecule has 2 heterocycles. The zero-order valence-corrected chi connectivity index (χ0v) is 7.94. The maximum absolute atomic E-state index is 3.96. The van der Waals surface area contributed by atoms with Gasteiger partial charge in [-0.1, -0.05) is 5.21 Å². The monoisotopic (exact) mass is 192 g/mol. The van der Waals surface area contributed by atoms with Crippen LogP contribution in [0.2, 0.25) is 0 Å². The molecule has 0 aromatic carbocycles. The zero-order valence-electron chi connectivity index (χ0n) is 7.94. The topological polar surface area (TPSA) is 71.4 Å². The summed E-state index contributed by atoms with van der Waals surface area (Å²) in [6.07, 6.45) is 5.55. The molecule has 0 spiro atoms. The SMILES string of the molecule is Cn1cc(CNCc2cn[nH]c2)nn1. The van der Waals surface area contributed by atoms with Gasteiger partial charge in [0.15, 0.2) is 0 Å². The first-order chi connectivity index (χ1) is 6.84. The van der Waals surface area contributed by atoms with E-state index in [4.69, 9.17) is 0 Å². The van der Waals surface area contributed by atoms with Gasteiger partial charge in [0.1, 0.15) is 0 Å². The van der Waals surface area contributed by atoms with E-state index in [-0.39, 0.29) is 0 Å². The number of aromatic nitrogens is 5. The van der Waals surface area contributed by atoms with Crippen molar-refractivity contribution in [3.63, 3.8) is 0 Å². The van der Waals surface area contributed by atoms with Crippen molar-refractivity contribution < 1.29 is 0 Å². The Hall–Kier alpha value is -1.69. The second-order valence-electron chi connectivity index (χ2n) is 3.09. The first-order valence-corrected chi connectivity index (χ1v) is 4.38. The van der Waals surface area contributed by atoms with E-state index in [9.17, 15) is 0 Å². The van der Waals surface area contributed by atoms with Crippen LogP contribution in [0.5, 0.6) is 0 Å². The Bertz CT molecular complexity index is 376. The Labute approximate surface area is 81.3 Å². The van der Waals surface area contributed by atoms with Crippen LogP contribution in [0.1, 0.15) is 11.3 Å². The molecule has 2 rings (SSSR count). The van der Waals surface area contributed by atoms with E-state index in [2.05, 4.69) is 25.8 Å². The van der Waals surface area contributed by atoms with Gasteiger partial charge in [-0.05, 0) is 0 Å². The molecule has 0 aliphatic rings. The largest absolute Gasteiger partial charge is 0.307 e. The molecule has 0 saturated heterocycles. The second-order valence-corrected chi connectivity index (χ2v) is 3.09. The number of H-pyrrole nitrogens is 1. The lowest BCUT2D eigenvalue weighted by Gasteiger charge is -1.97. The molecule has 0 unspecified atom stereocenters. The number of hydrogen-bond donors (Lipinski definition) is 2. The van der Waals surface area contributed by atoms with Crippen molar-refractivity contribution in [1.29, 1.82) is 0 Å². The van der Waals surface area contributed by atoms with Crippen LogP contribution < -0.4 is 5.32 Å². The summed E-state index contributed by atoms with van der Waals surface area (Å²) in [7, 11) is 1.85. The molecule has 0 aliphatic carbocycles. The van der Waals surface area contributed by atoms with Crippen LogP contribution >= 0.6 is 0 Å². The molecule has 0 atom stereocenters. The van der Waals surface area contributed by atoms with Crippen molar-refractivity contribution in [2.24, 2.45) is 7.05 Å². The van der Waals surface area contributed by atoms with Crippen LogP contribution in [-0.2, 0) is 20.1 Å². The van der Waals surface area contributed by atoms with Gasteiger partial charge in [-0.2, -0.15) is 5.10 Å². The van der Waals surface area contributed by atoms with Crippen molar-refractivity contribution in [2.75, 3.05) is 0 Å². The average Bonchev–Trinajstić information content (AvgIpc) is 2.77. The normalized spacial score (nSPS) is 10.6. The molecule has 6 nitrogen and oxygen atoms in total. The maximum atomic E-state index is 3.96. The summed E-state index contributed by atoms with van der Waals surface area (Å²) in [6, 6.07) is 0. The van der Waals surface area contributed by atoms with Gasteiger partial charge >= 0.3 is 0 Å². The minimum atomic E-state index is 0.721. The quantitative estimate of drug-likeness (QED) is 0.705. The molecule has 0 bridgehead atoms. The fraction of sp³-hybridized carbons (Fsp3) is 0.375. The van der Waals surface area contributed by atoms with E-state index in [0.717, 1.165) is 24.3 Å². The van der Waals surface area contributed by atoms with E-state index < -0.39 is 0 Å². The first-order valence-electron chi connectivity index (χ1n) is 4.38. The van der Waals surface area contributed by atoms with Crippen LogP contribution in [-0.4, -0.2) is 25.2 Å². The van der Waals surface area contributed by atoms with Crippen molar-refractivity contribution >= 4 is 0 Å². The number of rotatable bonds is 4. The van der Waals surface area contributed by atoms with E-state index in [1.807, 2.05) is 19.4 Å². The molecule has 2 N–H and O–H groups in total. The molecule has 6 heteroatoms. The van der Waals surface area contributed by atoms with Crippen molar-refractivity contribution in [2.45, 2.75) is 13.1 Å². The smallest absolute Gasteiger partial charge is 0.0964 e. The highest BCUT2D eigenvalue weighted by atomic mass is 15.4. The lowest BCUT2D eigenvalue weighted by atomic mass is 10.3. The zero-order chi connectivity index (χ0) is 9.80. The van der Waals surface area contributed by atoms with Gasteiger partial charge in [-0.25, -0.2) is 0 Å². The van der Waals surface area contributed by atoms with E-state index in [1.54, 1.807) is 10.9 Å². The molecule has 2 aromatic rings. The minimum absolute atomic E-state index is 0.721. The van der Waals surface area contributed by atoms with Crippen molar-refractivity contribution in [3.05, 3.63) is 29.8 Å². The average molecular weight is 192 g/mol. The molecule has 0 saturated carbocycles. The minimum Gasteiger partial charge on any atom is -0.307 e. The molecule has 0 fully saturated rings. The molecule has 74 valence electrons. The maximum Gasteiger partial charge on any atom is 0.0964 e. The predicted molar refractivity (Wildman–Crippen MR) is 50.1 cm³/mol. The highest BCUT2D eigenvalue weighted by molar-refractivity contribution is 5.02. The third-order valence-corrected chi connectivity index (χ3v) is 1.84. The highest BCUT2D eigenvalue weighted by Gasteiger charge is 1.97. The summed E-state index contributed by atoms with van der Waals surface area (Å²) in [5.74, 6) is 0. The molecular weight excluding hydrogens is 180 g/mol. The van der Waals surface area contributed by atoms with Gasteiger partial charge in [-0.3, -0.25) is 9.78 Å². The standard InChI is InChI=1S/C8H12N6/c1-14-6-8(12-13-14)5-9-2-7-3-10-11-4-7/h3-4,6,9H,2,5H2,1H3,(H,10,11).